The number of halogens is 1. The fraction of sp³-hybridized carbons (Fsp3) is 0.200. The van der Waals surface area contributed by atoms with Gasteiger partial charge in [-0.2, -0.15) is 0 Å². The molecule has 0 spiro atoms. The average molecular weight is 162 g/mol. The monoisotopic (exact) mass is 161 g/mol. The minimum absolute atomic E-state index is 0.387. The molecule has 0 aromatic carbocycles. The Kier molecular flexibility index (Phi) is 2.19. The fourth-order valence-electron chi connectivity index (χ4n) is 0.441. The van der Waals surface area contributed by atoms with Gasteiger partial charge in [0.2, 0.25) is 0 Å². The zero-order valence-electron chi connectivity index (χ0n) is 4.50. The lowest BCUT2D eigenvalue weighted by Crippen LogP contribution is -1.67. The first-order valence-electron chi connectivity index (χ1n) is 2.32. The first kappa shape index (κ1) is 6.71. The SMILES string of the molecule is O=Cc1cnc(CCl)s1. The lowest BCUT2D eigenvalue weighted by molar-refractivity contribution is 0.112. The number of aromatic nitrogens is 1. The summed E-state index contributed by atoms with van der Waals surface area (Å²) >= 11 is 6.75. The molecule has 0 aliphatic heterocycles. The third-order valence-electron chi connectivity index (χ3n) is 0.802. The van der Waals surface area contributed by atoms with Crippen molar-refractivity contribution in [3.8, 4) is 0 Å². The van der Waals surface area contributed by atoms with Crippen LogP contribution < -0.4 is 0 Å². The standard InChI is InChI=1S/C5H4ClNOS/c6-1-5-7-2-4(3-8)9-5/h2-3H,1H2. The van der Waals surface area contributed by atoms with E-state index in [0.29, 0.717) is 10.8 Å². The Bertz CT molecular complexity index is 210. The van der Waals surface area contributed by atoms with Crippen molar-refractivity contribution >= 4 is 29.2 Å². The summed E-state index contributed by atoms with van der Waals surface area (Å²) in [5, 5.41) is 0.791. The first-order valence-corrected chi connectivity index (χ1v) is 3.67. The molecule has 1 heterocycles. The Morgan fingerprint density at radius 1 is 1.89 bits per heavy atom. The van der Waals surface area contributed by atoms with Gasteiger partial charge in [-0.25, -0.2) is 4.98 Å². The van der Waals surface area contributed by atoms with Crippen molar-refractivity contribution in [2.45, 2.75) is 5.88 Å². The predicted octanol–water partition coefficient (Wildman–Crippen LogP) is 1.69. The topological polar surface area (TPSA) is 30.0 Å². The third-order valence-corrected chi connectivity index (χ3v) is 2.14. The highest BCUT2D eigenvalue weighted by atomic mass is 35.5. The summed E-state index contributed by atoms with van der Waals surface area (Å²) in [6.07, 6.45) is 2.29. The molecule has 0 atom stereocenters. The maximum atomic E-state index is 10.1. The molecule has 1 rings (SSSR count). The molecule has 0 unspecified atom stereocenters. The molecular weight excluding hydrogens is 158 g/mol. The van der Waals surface area contributed by atoms with Crippen molar-refractivity contribution in [3.63, 3.8) is 0 Å². The van der Waals surface area contributed by atoms with Crippen molar-refractivity contribution in [2.75, 3.05) is 0 Å². The highest BCUT2D eigenvalue weighted by Crippen LogP contribution is 2.11. The van der Waals surface area contributed by atoms with Crippen molar-refractivity contribution < 1.29 is 4.79 Å². The van der Waals surface area contributed by atoms with Gasteiger partial charge in [0.25, 0.3) is 0 Å². The number of nitrogens with zero attached hydrogens (tertiary/aromatic N) is 1. The van der Waals surface area contributed by atoms with Crippen LogP contribution in [0.2, 0.25) is 0 Å². The summed E-state index contributed by atoms with van der Waals surface area (Å²) in [5.74, 6) is 0.387. The maximum absolute atomic E-state index is 10.1. The summed E-state index contributed by atoms with van der Waals surface area (Å²) in [4.78, 5) is 14.6. The van der Waals surface area contributed by atoms with Crippen LogP contribution in [0.25, 0.3) is 0 Å². The lowest BCUT2D eigenvalue weighted by atomic mass is 10.6. The van der Waals surface area contributed by atoms with Gasteiger partial charge >= 0.3 is 0 Å². The van der Waals surface area contributed by atoms with Crippen LogP contribution in [-0.2, 0) is 5.88 Å². The number of alkyl halides is 1. The first-order chi connectivity index (χ1) is 4.36. The Morgan fingerprint density at radius 3 is 3.00 bits per heavy atom. The van der Waals surface area contributed by atoms with Crippen LogP contribution in [0.3, 0.4) is 0 Å². The molecule has 0 aliphatic carbocycles. The highest BCUT2D eigenvalue weighted by molar-refractivity contribution is 7.13. The fourth-order valence-corrected chi connectivity index (χ4v) is 1.26. The van der Waals surface area contributed by atoms with E-state index in [1.807, 2.05) is 0 Å². The molecule has 0 N–H and O–H groups in total. The second kappa shape index (κ2) is 2.94. The van der Waals surface area contributed by atoms with Crippen LogP contribution in [0.15, 0.2) is 6.20 Å². The molecule has 0 saturated carbocycles. The molecule has 0 bridgehead atoms. The quantitative estimate of drug-likeness (QED) is 0.488. The number of hydrogen-bond acceptors (Lipinski definition) is 3. The van der Waals surface area contributed by atoms with Crippen molar-refractivity contribution in [3.05, 3.63) is 16.1 Å². The number of aldehydes is 1. The summed E-state index contributed by atoms with van der Waals surface area (Å²) in [5.41, 5.74) is 0. The predicted molar refractivity (Wildman–Crippen MR) is 37.1 cm³/mol. The third kappa shape index (κ3) is 1.50. The highest BCUT2D eigenvalue weighted by Gasteiger charge is 1.96. The number of carbonyl (C=O) groups is 1. The van der Waals surface area contributed by atoms with Gasteiger partial charge in [-0.1, -0.05) is 0 Å². The number of hydrogen-bond donors (Lipinski definition) is 0. The molecule has 48 valence electrons. The Labute approximate surface area is 61.5 Å². The lowest BCUT2D eigenvalue weighted by Gasteiger charge is -1.76. The van der Waals surface area contributed by atoms with E-state index in [1.165, 1.54) is 17.5 Å². The van der Waals surface area contributed by atoms with Gasteiger partial charge in [-0.05, 0) is 0 Å². The number of carbonyl (C=O) groups excluding carboxylic acids is 1. The molecule has 0 saturated heterocycles. The van der Waals surface area contributed by atoms with E-state index in [4.69, 9.17) is 11.6 Å². The molecule has 9 heavy (non-hydrogen) atoms. The van der Waals surface area contributed by atoms with Crippen LogP contribution >= 0.6 is 22.9 Å². The molecule has 0 aliphatic rings. The molecule has 1 aromatic rings. The second-order valence-electron chi connectivity index (χ2n) is 1.41. The summed E-state index contributed by atoms with van der Waals surface area (Å²) in [7, 11) is 0. The van der Waals surface area contributed by atoms with Crippen LogP contribution in [0, 0.1) is 0 Å². The van der Waals surface area contributed by atoms with E-state index in [-0.39, 0.29) is 0 Å². The molecule has 4 heteroatoms. The van der Waals surface area contributed by atoms with E-state index >= 15 is 0 Å². The minimum atomic E-state index is 0.387. The molecular formula is C5H4ClNOS. The summed E-state index contributed by atoms with van der Waals surface area (Å²) in [6, 6.07) is 0. The molecule has 0 fully saturated rings. The van der Waals surface area contributed by atoms with E-state index < -0.39 is 0 Å². The Hall–Kier alpha value is -0.410. The van der Waals surface area contributed by atoms with Crippen molar-refractivity contribution in [1.29, 1.82) is 0 Å². The van der Waals surface area contributed by atoms with Gasteiger partial charge in [0, 0.05) is 6.20 Å². The van der Waals surface area contributed by atoms with Gasteiger partial charge in [0.15, 0.2) is 6.29 Å². The van der Waals surface area contributed by atoms with Crippen LogP contribution in [0.4, 0.5) is 0 Å². The van der Waals surface area contributed by atoms with E-state index in [1.54, 1.807) is 0 Å². The number of rotatable bonds is 2. The van der Waals surface area contributed by atoms with Gasteiger partial charge in [-0.15, -0.1) is 22.9 Å². The van der Waals surface area contributed by atoms with E-state index in [0.717, 1.165) is 11.3 Å². The van der Waals surface area contributed by atoms with E-state index in [9.17, 15) is 4.79 Å². The Balaban J connectivity index is 2.86. The van der Waals surface area contributed by atoms with Crippen molar-refractivity contribution in [2.24, 2.45) is 0 Å². The van der Waals surface area contributed by atoms with Gasteiger partial charge in [-0.3, -0.25) is 4.79 Å². The second-order valence-corrected chi connectivity index (χ2v) is 2.82. The van der Waals surface area contributed by atoms with Gasteiger partial charge < -0.3 is 0 Å². The maximum Gasteiger partial charge on any atom is 0.161 e. The summed E-state index contributed by atoms with van der Waals surface area (Å²) < 4.78 is 0. The zero-order chi connectivity index (χ0) is 6.69. The van der Waals surface area contributed by atoms with E-state index in [2.05, 4.69) is 4.98 Å². The summed E-state index contributed by atoms with van der Waals surface area (Å²) in [6.45, 7) is 0. The smallest absolute Gasteiger partial charge is 0.161 e. The Morgan fingerprint density at radius 2 is 2.67 bits per heavy atom. The average Bonchev–Trinajstić information content (AvgIpc) is 2.34. The molecule has 1 aromatic heterocycles. The van der Waals surface area contributed by atoms with Crippen LogP contribution in [0.5, 0.6) is 0 Å². The van der Waals surface area contributed by atoms with Crippen molar-refractivity contribution in [1.82, 2.24) is 4.98 Å². The minimum Gasteiger partial charge on any atom is -0.297 e. The molecule has 2 nitrogen and oxygen atoms in total. The zero-order valence-corrected chi connectivity index (χ0v) is 6.08. The largest absolute Gasteiger partial charge is 0.297 e. The van der Waals surface area contributed by atoms with Gasteiger partial charge in [0.05, 0.1) is 10.8 Å². The van der Waals surface area contributed by atoms with Crippen LogP contribution in [-0.4, -0.2) is 11.3 Å². The molecule has 0 amide bonds. The van der Waals surface area contributed by atoms with Gasteiger partial charge in [0.1, 0.15) is 5.01 Å². The van der Waals surface area contributed by atoms with Crippen LogP contribution in [0.1, 0.15) is 14.7 Å². The normalized spacial score (nSPS) is 9.44. The number of thiazole rings is 1. The molecule has 0 radical (unpaired) electrons.